The fourth-order valence-corrected chi connectivity index (χ4v) is 6.73. The molecule has 1 aliphatic carbocycles. The number of benzene rings is 1. The predicted molar refractivity (Wildman–Crippen MR) is 159 cm³/mol. The van der Waals surface area contributed by atoms with Gasteiger partial charge in [-0.25, -0.2) is 4.98 Å². The topological polar surface area (TPSA) is 144 Å². The van der Waals surface area contributed by atoms with Gasteiger partial charge in [-0.3, -0.25) is 19.2 Å². The Kier molecular flexibility index (Phi) is 8.12. The highest BCUT2D eigenvalue weighted by atomic mass is 32.1. The molecule has 222 valence electrons. The van der Waals surface area contributed by atoms with Gasteiger partial charge in [0.05, 0.1) is 22.7 Å². The molecule has 11 heteroatoms. The number of amides is 4. The maximum Gasteiger partial charge on any atom is 0.263 e. The molecule has 3 aliphatic rings. The quantitative estimate of drug-likeness (QED) is 0.407. The van der Waals surface area contributed by atoms with Gasteiger partial charge in [0.1, 0.15) is 23.0 Å². The molecule has 0 radical (unpaired) electrons. The number of hydrogen-bond donors (Lipinski definition) is 3. The van der Waals surface area contributed by atoms with Crippen LogP contribution in [0.3, 0.4) is 0 Å². The van der Waals surface area contributed by atoms with Crippen LogP contribution in [-0.2, 0) is 19.8 Å². The molecule has 1 aromatic carbocycles. The highest BCUT2D eigenvalue weighted by Gasteiger charge is 2.56. The summed E-state index contributed by atoms with van der Waals surface area (Å²) in [7, 11) is 0. The van der Waals surface area contributed by atoms with Crippen LogP contribution in [0.5, 0.6) is 0 Å². The molecule has 10 nitrogen and oxygen atoms in total. The van der Waals surface area contributed by atoms with E-state index in [9.17, 15) is 24.4 Å². The molecule has 4 atom stereocenters. The van der Waals surface area contributed by atoms with Crippen molar-refractivity contribution in [2.45, 2.75) is 89.8 Å². The Balaban J connectivity index is 1.37. The molecule has 1 saturated heterocycles. The fraction of sp³-hybridized carbons (Fsp3) is 0.548. The van der Waals surface area contributed by atoms with Gasteiger partial charge in [0, 0.05) is 18.7 Å². The predicted octanol–water partition coefficient (Wildman–Crippen LogP) is 3.68. The molecular weight excluding hydrogens is 552 g/mol. The zero-order valence-corrected chi connectivity index (χ0v) is 25.3. The van der Waals surface area contributed by atoms with Crippen LogP contribution < -0.4 is 16.0 Å². The molecule has 1 spiro atoms. The second-order valence-electron chi connectivity index (χ2n) is 13.0. The zero-order chi connectivity index (χ0) is 30.2. The third kappa shape index (κ3) is 6.19. The Morgan fingerprint density at radius 2 is 1.95 bits per heavy atom. The van der Waals surface area contributed by atoms with Gasteiger partial charge >= 0.3 is 0 Å². The van der Waals surface area contributed by atoms with Crippen LogP contribution in [0.4, 0.5) is 5.69 Å². The zero-order valence-electron chi connectivity index (χ0n) is 24.5. The van der Waals surface area contributed by atoms with Gasteiger partial charge in [-0.15, -0.1) is 11.3 Å². The lowest BCUT2D eigenvalue weighted by Crippen LogP contribution is -2.56. The maximum atomic E-state index is 14.2. The maximum absolute atomic E-state index is 14.2. The summed E-state index contributed by atoms with van der Waals surface area (Å²) in [6.07, 6.45) is 5.50. The standard InChI is InChI=1S/C31H38N6O4S/c1-18-33-16-25(42-18)27(39)34-23(12-11-19-9-10-19)26(38)35-24(14-30(2,3)4)28(40)37-17-31(13-20(37)15-32)21-7-5-6-8-22(21)36-29(31)41/h5-8,16,19-20,23-24H,9-14,17H2,1-4H3,(H,34,39)(H,35,38)(H,36,41)/t20-,23-,24-,31-/m0/s1. The second-order valence-corrected chi connectivity index (χ2v) is 14.2. The van der Waals surface area contributed by atoms with Crippen LogP contribution in [0, 0.1) is 29.6 Å². The van der Waals surface area contributed by atoms with Crippen molar-refractivity contribution >= 4 is 40.7 Å². The van der Waals surface area contributed by atoms with Gasteiger partial charge in [0.2, 0.25) is 17.7 Å². The largest absolute Gasteiger partial charge is 0.342 e. The van der Waals surface area contributed by atoms with E-state index in [2.05, 4.69) is 27.0 Å². The molecule has 0 unspecified atom stereocenters. The number of carbonyl (C=O) groups excluding carboxylic acids is 4. The minimum atomic E-state index is -1.02. The lowest BCUT2D eigenvalue weighted by molar-refractivity contribution is -0.138. The molecule has 1 aromatic heterocycles. The number of para-hydroxylation sites is 1. The highest BCUT2D eigenvalue weighted by Crippen LogP contribution is 2.46. The average Bonchev–Trinajstić information content (AvgIpc) is 3.42. The van der Waals surface area contributed by atoms with Crippen LogP contribution in [0.2, 0.25) is 0 Å². The summed E-state index contributed by atoms with van der Waals surface area (Å²) < 4.78 is 0. The van der Waals surface area contributed by atoms with Crippen LogP contribution in [-0.4, -0.2) is 58.2 Å². The van der Waals surface area contributed by atoms with E-state index < -0.39 is 35.4 Å². The van der Waals surface area contributed by atoms with E-state index in [0.717, 1.165) is 29.8 Å². The van der Waals surface area contributed by atoms with E-state index in [1.165, 1.54) is 22.4 Å². The summed E-state index contributed by atoms with van der Waals surface area (Å²) in [5.41, 5.74) is 0.120. The molecular formula is C31H38N6O4S. The number of fused-ring (bicyclic) bond motifs is 2. The smallest absolute Gasteiger partial charge is 0.263 e. The van der Waals surface area contributed by atoms with Gasteiger partial charge in [0.25, 0.3) is 5.91 Å². The average molecular weight is 591 g/mol. The molecule has 3 N–H and O–H groups in total. The van der Waals surface area contributed by atoms with Crippen LogP contribution in [0.15, 0.2) is 30.5 Å². The number of carbonyl (C=O) groups is 4. The first kappa shape index (κ1) is 29.7. The normalized spacial score (nSPS) is 22.7. The van der Waals surface area contributed by atoms with Gasteiger partial charge in [-0.1, -0.05) is 51.8 Å². The third-order valence-corrected chi connectivity index (χ3v) is 9.29. The summed E-state index contributed by atoms with van der Waals surface area (Å²) in [4.78, 5) is 60.1. The summed E-state index contributed by atoms with van der Waals surface area (Å²) >= 11 is 1.26. The summed E-state index contributed by atoms with van der Waals surface area (Å²) in [5, 5.41) is 19.5. The molecule has 4 amide bonds. The van der Waals surface area contributed by atoms with Crippen molar-refractivity contribution in [1.29, 1.82) is 5.26 Å². The monoisotopic (exact) mass is 590 g/mol. The van der Waals surface area contributed by atoms with Crippen molar-refractivity contribution < 1.29 is 19.2 Å². The number of thiazole rings is 1. The Hall–Kier alpha value is -3.78. The minimum absolute atomic E-state index is 0.0516. The first-order valence-corrected chi connectivity index (χ1v) is 15.4. The highest BCUT2D eigenvalue weighted by molar-refractivity contribution is 7.13. The molecule has 2 aliphatic heterocycles. The molecule has 5 rings (SSSR count). The number of likely N-dealkylation sites (tertiary alicyclic amines) is 1. The first-order valence-electron chi connectivity index (χ1n) is 14.5. The number of aromatic nitrogens is 1. The minimum Gasteiger partial charge on any atom is -0.342 e. The van der Waals surface area contributed by atoms with Gasteiger partial charge in [0.15, 0.2) is 0 Å². The Morgan fingerprint density at radius 1 is 1.21 bits per heavy atom. The molecule has 42 heavy (non-hydrogen) atoms. The molecule has 2 fully saturated rings. The number of aryl methyl sites for hydroxylation is 1. The van der Waals surface area contributed by atoms with E-state index in [0.29, 0.717) is 29.3 Å². The lowest BCUT2D eigenvalue weighted by Gasteiger charge is -2.32. The van der Waals surface area contributed by atoms with Crippen LogP contribution in [0.25, 0.3) is 0 Å². The van der Waals surface area contributed by atoms with Crippen molar-refractivity contribution in [3.8, 4) is 6.07 Å². The van der Waals surface area contributed by atoms with Crippen molar-refractivity contribution in [3.63, 3.8) is 0 Å². The number of rotatable bonds is 9. The van der Waals surface area contributed by atoms with E-state index in [-0.39, 0.29) is 30.2 Å². The summed E-state index contributed by atoms with van der Waals surface area (Å²) in [5.74, 6) is -0.875. The molecule has 1 saturated carbocycles. The summed E-state index contributed by atoms with van der Waals surface area (Å²) in [6.45, 7) is 7.80. The number of hydrogen-bond acceptors (Lipinski definition) is 7. The van der Waals surface area contributed by atoms with E-state index in [1.807, 2.05) is 52.0 Å². The first-order chi connectivity index (χ1) is 19.9. The van der Waals surface area contributed by atoms with Crippen LogP contribution >= 0.6 is 11.3 Å². The van der Waals surface area contributed by atoms with Crippen molar-refractivity contribution in [1.82, 2.24) is 20.5 Å². The van der Waals surface area contributed by atoms with E-state index in [4.69, 9.17) is 0 Å². The molecule has 0 bridgehead atoms. The SMILES string of the molecule is Cc1ncc(C(=O)N[C@@H](CCC2CC2)C(=O)N[C@@H](CC(C)(C)C)C(=O)N2C[C@]3(C[C@H]2C#N)C(=O)Nc2ccccc23)s1. The second kappa shape index (κ2) is 11.5. The lowest BCUT2D eigenvalue weighted by atomic mass is 9.80. The number of anilines is 1. The van der Waals surface area contributed by atoms with Crippen molar-refractivity contribution in [2.75, 3.05) is 11.9 Å². The Labute approximate surface area is 250 Å². The van der Waals surface area contributed by atoms with Crippen LogP contribution in [0.1, 0.15) is 79.5 Å². The van der Waals surface area contributed by atoms with Gasteiger partial charge in [-0.05, 0) is 49.1 Å². The molecule has 3 heterocycles. The van der Waals surface area contributed by atoms with E-state index in [1.54, 1.807) is 0 Å². The molecule has 2 aromatic rings. The fourth-order valence-electron chi connectivity index (χ4n) is 6.04. The Bertz CT molecular complexity index is 1440. The van der Waals surface area contributed by atoms with Crippen molar-refractivity contribution in [2.24, 2.45) is 11.3 Å². The number of nitriles is 1. The number of nitrogens with one attached hydrogen (secondary N) is 3. The number of nitrogens with zero attached hydrogens (tertiary/aromatic N) is 3. The summed E-state index contributed by atoms with van der Waals surface area (Å²) in [6, 6.07) is 7.01. The van der Waals surface area contributed by atoms with Crippen molar-refractivity contribution in [3.05, 3.63) is 45.9 Å². The van der Waals surface area contributed by atoms with Gasteiger partial charge < -0.3 is 20.9 Å². The van der Waals surface area contributed by atoms with E-state index >= 15 is 0 Å². The third-order valence-electron chi connectivity index (χ3n) is 8.37. The Morgan fingerprint density at radius 3 is 2.60 bits per heavy atom. The van der Waals surface area contributed by atoms with Gasteiger partial charge in [-0.2, -0.15) is 5.26 Å².